The first-order valence-corrected chi connectivity index (χ1v) is 13.0. The molecule has 1 saturated carbocycles. The zero-order chi connectivity index (χ0) is 24.7. The van der Waals surface area contributed by atoms with Gasteiger partial charge in [-0.05, 0) is 6.42 Å². The molecule has 1 rings (SSSR count). The van der Waals surface area contributed by atoms with Crippen molar-refractivity contribution in [2.45, 2.75) is 146 Å². The molecule has 1 aliphatic rings. The van der Waals surface area contributed by atoms with Gasteiger partial charge in [0.1, 0.15) is 30.0 Å². The molecule has 33 heavy (non-hydrogen) atoms. The predicted octanol–water partition coefficient (Wildman–Crippen LogP) is 2.34. The van der Waals surface area contributed by atoms with Crippen LogP contribution >= 0.6 is 0 Å². The second-order valence-electron chi connectivity index (χ2n) is 9.67. The van der Waals surface area contributed by atoms with Crippen molar-refractivity contribution in [1.29, 1.82) is 0 Å². The first-order chi connectivity index (χ1) is 15.8. The maximum atomic E-state index is 12.1. The highest BCUT2D eigenvalue weighted by Gasteiger charge is 2.58. The minimum Gasteiger partial charge on any atom is -0.457 e. The molecule has 1 aliphatic carbocycles. The largest absolute Gasteiger partial charge is 0.457 e. The van der Waals surface area contributed by atoms with E-state index in [0.717, 1.165) is 19.3 Å². The van der Waals surface area contributed by atoms with Gasteiger partial charge in [-0.25, -0.2) is 0 Å². The number of rotatable bonds is 18. The minimum atomic E-state index is -2.49. The number of hydrogen-bond donors (Lipinski definition) is 6. The zero-order valence-electron chi connectivity index (χ0n) is 20.4. The topological polar surface area (TPSA) is 148 Å². The third kappa shape index (κ3) is 10.2. The number of aliphatic hydroxyl groups excluding tert-OH is 5. The van der Waals surface area contributed by atoms with E-state index < -0.39 is 48.7 Å². The van der Waals surface area contributed by atoms with E-state index in [-0.39, 0.29) is 6.42 Å². The van der Waals surface area contributed by atoms with Crippen molar-refractivity contribution in [2.24, 2.45) is 0 Å². The van der Waals surface area contributed by atoms with Crippen LogP contribution in [0.25, 0.3) is 0 Å². The van der Waals surface area contributed by atoms with Gasteiger partial charge in [-0.3, -0.25) is 4.79 Å². The fourth-order valence-corrected chi connectivity index (χ4v) is 4.51. The minimum absolute atomic E-state index is 0.102. The number of carbonyl (C=O) groups is 1. The Hall–Kier alpha value is -0.770. The van der Waals surface area contributed by atoms with Crippen molar-refractivity contribution >= 4 is 5.97 Å². The first kappa shape index (κ1) is 30.3. The Morgan fingerprint density at radius 2 is 1.06 bits per heavy atom. The lowest BCUT2D eigenvalue weighted by molar-refractivity contribution is -0.280. The van der Waals surface area contributed by atoms with E-state index in [0.29, 0.717) is 6.42 Å². The quantitative estimate of drug-likeness (QED) is 0.130. The average Bonchev–Trinajstić information content (AvgIpc) is 2.81. The monoisotopic (exact) mass is 476 g/mol. The molecule has 196 valence electrons. The van der Waals surface area contributed by atoms with Crippen LogP contribution in [-0.4, -0.2) is 79.3 Å². The van der Waals surface area contributed by atoms with E-state index in [4.69, 9.17) is 4.74 Å². The van der Waals surface area contributed by atoms with E-state index in [1.165, 1.54) is 70.6 Å². The van der Waals surface area contributed by atoms with E-state index in [9.17, 15) is 35.4 Å². The van der Waals surface area contributed by atoms with Crippen LogP contribution in [0.1, 0.15) is 110 Å². The average molecular weight is 477 g/mol. The lowest BCUT2D eigenvalue weighted by Gasteiger charge is -2.47. The molecule has 0 amide bonds. The number of hydrogen-bond acceptors (Lipinski definition) is 8. The summed E-state index contributed by atoms with van der Waals surface area (Å²) in [6.45, 7) is 1.18. The molecule has 0 aromatic carbocycles. The molecule has 0 radical (unpaired) electrons. The number of ether oxygens (including phenoxy) is 1. The van der Waals surface area contributed by atoms with Crippen LogP contribution in [0.4, 0.5) is 0 Å². The van der Waals surface area contributed by atoms with Gasteiger partial charge in [0.15, 0.2) is 6.10 Å². The van der Waals surface area contributed by atoms with Gasteiger partial charge < -0.3 is 35.4 Å². The standard InChI is InChI=1S/C25H48O8/c1-2-3-4-5-6-7-8-9-10-11-12-13-14-15-16-17-19(27)33-22-20(28)23(30)25(32,18-26)24(31)21(22)29/h20-24,26,28-32H,2-18H2,1H3/t20-,21+,22?,23-,24-,25?/m0/s1. The van der Waals surface area contributed by atoms with Crippen molar-refractivity contribution in [3.63, 3.8) is 0 Å². The molecule has 0 spiro atoms. The Morgan fingerprint density at radius 3 is 1.42 bits per heavy atom. The molecule has 8 heteroatoms. The molecule has 0 heterocycles. The predicted molar refractivity (Wildman–Crippen MR) is 125 cm³/mol. The number of esters is 1. The van der Waals surface area contributed by atoms with Crippen molar-refractivity contribution in [1.82, 2.24) is 0 Å². The number of carbonyl (C=O) groups excluding carboxylic acids is 1. The van der Waals surface area contributed by atoms with Gasteiger partial charge >= 0.3 is 5.97 Å². The Morgan fingerprint density at radius 1 is 0.697 bits per heavy atom. The highest BCUT2D eigenvalue weighted by molar-refractivity contribution is 5.69. The molecule has 2 unspecified atom stereocenters. The normalized spacial score (nSPS) is 29.8. The van der Waals surface area contributed by atoms with Gasteiger partial charge in [0.25, 0.3) is 0 Å². The summed E-state index contributed by atoms with van der Waals surface area (Å²) in [6.07, 6.45) is 9.10. The van der Waals surface area contributed by atoms with Gasteiger partial charge in [-0.2, -0.15) is 0 Å². The SMILES string of the molecule is CCCCCCCCCCCCCCCCCC(=O)OC1[C@@H](O)[C@H](O)C(O)(CO)[C@@H](O)[C@H]1O. The fraction of sp³-hybridized carbons (Fsp3) is 0.960. The number of aliphatic hydroxyl groups is 6. The van der Waals surface area contributed by atoms with E-state index >= 15 is 0 Å². The fourth-order valence-electron chi connectivity index (χ4n) is 4.51. The summed E-state index contributed by atoms with van der Waals surface area (Å²) in [5.41, 5.74) is -2.49. The van der Waals surface area contributed by atoms with Gasteiger partial charge in [0.2, 0.25) is 0 Å². The summed E-state index contributed by atoms with van der Waals surface area (Å²) in [7, 11) is 0. The lowest BCUT2D eigenvalue weighted by Crippen LogP contribution is -2.72. The maximum Gasteiger partial charge on any atom is 0.306 e. The Balaban J connectivity index is 2.06. The van der Waals surface area contributed by atoms with Crippen LogP contribution in [0.5, 0.6) is 0 Å². The van der Waals surface area contributed by atoms with Crippen molar-refractivity contribution in [3.05, 3.63) is 0 Å². The Kier molecular flexibility index (Phi) is 15.4. The van der Waals surface area contributed by atoms with Crippen molar-refractivity contribution < 1.29 is 40.2 Å². The van der Waals surface area contributed by atoms with Gasteiger partial charge in [-0.15, -0.1) is 0 Å². The molecule has 1 fully saturated rings. The highest BCUT2D eigenvalue weighted by Crippen LogP contribution is 2.31. The van der Waals surface area contributed by atoms with Crippen LogP contribution in [0.15, 0.2) is 0 Å². The second-order valence-corrected chi connectivity index (χ2v) is 9.67. The van der Waals surface area contributed by atoms with Crippen LogP contribution in [0, 0.1) is 0 Å². The number of unbranched alkanes of at least 4 members (excludes halogenated alkanes) is 14. The third-order valence-electron chi connectivity index (χ3n) is 6.85. The molecule has 6 N–H and O–H groups in total. The highest BCUT2D eigenvalue weighted by atomic mass is 16.6. The molecular weight excluding hydrogens is 428 g/mol. The van der Waals surface area contributed by atoms with Crippen LogP contribution in [0.2, 0.25) is 0 Å². The van der Waals surface area contributed by atoms with E-state index in [2.05, 4.69) is 6.92 Å². The second kappa shape index (κ2) is 16.8. The summed E-state index contributed by atoms with van der Waals surface area (Å²) < 4.78 is 5.06. The third-order valence-corrected chi connectivity index (χ3v) is 6.85. The molecule has 0 saturated heterocycles. The van der Waals surface area contributed by atoms with Crippen molar-refractivity contribution in [2.75, 3.05) is 6.61 Å². The summed E-state index contributed by atoms with van der Waals surface area (Å²) in [5, 5.41) is 59.3. The maximum absolute atomic E-state index is 12.1. The smallest absolute Gasteiger partial charge is 0.306 e. The molecule has 6 atom stereocenters. The van der Waals surface area contributed by atoms with Crippen LogP contribution in [-0.2, 0) is 9.53 Å². The van der Waals surface area contributed by atoms with Crippen LogP contribution in [0.3, 0.4) is 0 Å². The summed E-state index contributed by atoms with van der Waals surface area (Å²) >= 11 is 0. The molecule has 0 aromatic heterocycles. The Bertz CT molecular complexity index is 499. The molecule has 0 aromatic rings. The molecule has 8 nitrogen and oxygen atoms in total. The van der Waals surface area contributed by atoms with E-state index in [1.807, 2.05) is 0 Å². The summed E-state index contributed by atoms with van der Waals surface area (Å²) in [5.74, 6) is -0.651. The summed E-state index contributed by atoms with van der Waals surface area (Å²) in [4.78, 5) is 12.1. The van der Waals surface area contributed by atoms with Gasteiger partial charge in [-0.1, -0.05) is 96.8 Å². The Labute approximate surface area is 199 Å². The van der Waals surface area contributed by atoms with Crippen LogP contribution < -0.4 is 0 Å². The van der Waals surface area contributed by atoms with E-state index in [1.54, 1.807) is 0 Å². The molecular formula is C25H48O8. The zero-order valence-corrected chi connectivity index (χ0v) is 20.4. The van der Waals surface area contributed by atoms with Gasteiger partial charge in [0.05, 0.1) is 6.61 Å². The molecule has 0 aliphatic heterocycles. The molecule has 0 bridgehead atoms. The van der Waals surface area contributed by atoms with Gasteiger partial charge in [0, 0.05) is 6.42 Å². The first-order valence-electron chi connectivity index (χ1n) is 13.0. The summed E-state index contributed by atoms with van der Waals surface area (Å²) in [6, 6.07) is 0. The van der Waals surface area contributed by atoms with Crippen molar-refractivity contribution in [3.8, 4) is 0 Å². The lowest BCUT2D eigenvalue weighted by atomic mass is 9.75.